The van der Waals surface area contributed by atoms with Crippen molar-refractivity contribution in [1.29, 1.82) is 0 Å². The third kappa shape index (κ3) is 16.3. The Labute approximate surface area is 159 Å². The highest BCUT2D eigenvalue weighted by molar-refractivity contribution is 5.10. The maximum atomic E-state index is 3.21. The maximum absolute atomic E-state index is 3.21. The largest absolute Gasteiger partial charge is 0.298 e. The summed E-state index contributed by atoms with van der Waals surface area (Å²) in [7, 11) is 0. The van der Waals surface area contributed by atoms with Gasteiger partial charge in [0, 0.05) is 28.7 Å². The first-order chi connectivity index (χ1) is 11.3. The Bertz CT molecular complexity index is 463. The molecule has 2 aliphatic rings. The zero-order chi connectivity index (χ0) is 19.7. The van der Waals surface area contributed by atoms with Crippen molar-refractivity contribution in [3.8, 4) is 23.7 Å². The molecule has 0 N–H and O–H groups in total. The summed E-state index contributed by atoms with van der Waals surface area (Å²) in [4.78, 5) is 2.49. The van der Waals surface area contributed by atoms with Gasteiger partial charge in [0.2, 0.25) is 0 Å². The molecule has 1 saturated heterocycles. The van der Waals surface area contributed by atoms with Gasteiger partial charge >= 0.3 is 0 Å². The lowest BCUT2D eigenvalue weighted by atomic mass is 9.97. The van der Waals surface area contributed by atoms with E-state index in [1.807, 2.05) is 0 Å². The van der Waals surface area contributed by atoms with Crippen LogP contribution in [-0.4, -0.2) is 23.5 Å². The zero-order valence-electron chi connectivity index (χ0n) is 18.7. The standard InChI is InChI=1S/C9H16.C8H12.C7H15N/c1-8(2)6-7-9(3,4)5;1-7(2)3-4-8-5-6-8;1-7(2,3)8-5-4-6-8/h8H,1-5H3;7-8H,5-6H2,1-2H3;4-6H2,1-3H3. The van der Waals surface area contributed by atoms with E-state index in [0.717, 1.165) is 5.92 Å². The SMILES string of the molecule is CC(C)(C)N1CCC1.CC(C)C#CC(C)(C)C.CC(C)C#CC1CC1. The fourth-order valence-corrected chi connectivity index (χ4v) is 1.86. The van der Waals surface area contributed by atoms with Gasteiger partial charge in [0.1, 0.15) is 0 Å². The minimum atomic E-state index is 0.171. The minimum absolute atomic E-state index is 0.171. The molecule has 144 valence electrons. The van der Waals surface area contributed by atoms with Crippen LogP contribution in [0, 0.1) is 46.9 Å². The fourth-order valence-electron chi connectivity index (χ4n) is 1.86. The van der Waals surface area contributed by atoms with Crippen molar-refractivity contribution in [3.63, 3.8) is 0 Å². The predicted octanol–water partition coefficient (Wildman–Crippen LogP) is 6.24. The molecule has 1 saturated carbocycles. The van der Waals surface area contributed by atoms with Gasteiger partial charge in [0.05, 0.1) is 0 Å². The average molecular weight is 346 g/mol. The van der Waals surface area contributed by atoms with Crippen LogP contribution in [0.15, 0.2) is 0 Å². The first-order valence-electron chi connectivity index (χ1n) is 10.1. The highest BCUT2D eigenvalue weighted by Crippen LogP contribution is 2.27. The van der Waals surface area contributed by atoms with Crippen LogP contribution in [-0.2, 0) is 0 Å². The Balaban J connectivity index is 0.000000346. The van der Waals surface area contributed by atoms with Crippen molar-refractivity contribution in [2.45, 2.75) is 94.0 Å². The van der Waals surface area contributed by atoms with E-state index in [-0.39, 0.29) is 5.41 Å². The lowest BCUT2D eigenvalue weighted by molar-refractivity contribution is 0.0690. The van der Waals surface area contributed by atoms with Gasteiger partial charge in [0.25, 0.3) is 0 Å². The summed E-state index contributed by atoms with van der Waals surface area (Å²) >= 11 is 0. The molecule has 0 aromatic carbocycles. The monoisotopic (exact) mass is 345 g/mol. The third-order valence-corrected chi connectivity index (χ3v) is 3.69. The number of hydrogen-bond acceptors (Lipinski definition) is 1. The lowest BCUT2D eigenvalue weighted by Crippen LogP contribution is -2.49. The second kappa shape index (κ2) is 10.9. The number of hydrogen-bond donors (Lipinski definition) is 0. The van der Waals surface area contributed by atoms with Gasteiger partial charge in [-0.25, -0.2) is 0 Å². The van der Waals surface area contributed by atoms with Crippen LogP contribution in [0.1, 0.15) is 88.5 Å². The molecule has 0 amide bonds. The van der Waals surface area contributed by atoms with E-state index >= 15 is 0 Å². The van der Waals surface area contributed by atoms with E-state index in [0.29, 0.717) is 17.4 Å². The van der Waals surface area contributed by atoms with Crippen LogP contribution in [0.4, 0.5) is 0 Å². The Morgan fingerprint density at radius 2 is 1.28 bits per heavy atom. The predicted molar refractivity (Wildman–Crippen MR) is 113 cm³/mol. The van der Waals surface area contributed by atoms with Crippen LogP contribution in [0.2, 0.25) is 0 Å². The van der Waals surface area contributed by atoms with Gasteiger partial charge in [-0.3, -0.25) is 4.90 Å². The highest BCUT2D eigenvalue weighted by Gasteiger charge is 2.25. The molecule has 0 spiro atoms. The number of rotatable bonds is 0. The Hall–Kier alpha value is -0.920. The smallest absolute Gasteiger partial charge is 0.0230 e. The summed E-state index contributed by atoms with van der Waals surface area (Å²) in [6.07, 6.45) is 4.09. The van der Waals surface area contributed by atoms with Gasteiger partial charge in [-0.15, -0.1) is 5.92 Å². The van der Waals surface area contributed by atoms with E-state index in [1.165, 1.54) is 32.4 Å². The molecule has 2 fully saturated rings. The molecule has 1 heteroatoms. The summed E-state index contributed by atoms with van der Waals surface area (Å²) < 4.78 is 0. The van der Waals surface area contributed by atoms with Gasteiger partial charge < -0.3 is 0 Å². The molecular formula is C24H43N. The second-order valence-electron chi connectivity index (χ2n) is 9.90. The molecule has 1 nitrogen and oxygen atoms in total. The van der Waals surface area contributed by atoms with E-state index in [4.69, 9.17) is 0 Å². The van der Waals surface area contributed by atoms with Gasteiger partial charge in [0.15, 0.2) is 0 Å². The maximum Gasteiger partial charge on any atom is 0.0230 e. The summed E-state index contributed by atoms with van der Waals surface area (Å²) in [5, 5.41) is 0. The van der Waals surface area contributed by atoms with Crippen molar-refractivity contribution in [2.24, 2.45) is 23.2 Å². The van der Waals surface area contributed by atoms with Gasteiger partial charge in [-0.2, -0.15) is 0 Å². The van der Waals surface area contributed by atoms with E-state index in [9.17, 15) is 0 Å². The van der Waals surface area contributed by atoms with Crippen molar-refractivity contribution >= 4 is 0 Å². The van der Waals surface area contributed by atoms with E-state index in [2.05, 4.69) is 97.8 Å². The molecule has 2 rings (SSSR count). The Morgan fingerprint density at radius 3 is 1.44 bits per heavy atom. The van der Waals surface area contributed by atoms with E-state index < -0.39 is 0 Å². The van der Waals surface area contributed by atoms with Crippen molar-refractivity contribution in [3.05, 3.63) is 0 Å². The topological polar surface area (TPSA) is 3.24 Å². The molecule has 0 bridgehead atoms. The Morgan fingerprint density at radius 1 is 0.800 bits per heavy atom. The molecule has 0 unspecified atom stereocenters. The normalized spacial score (nSPS) is 17.0. The molecule has 0 atom stereocenters. The number of likely N-dealkylation sites (tertiary alicyclic amines) is 1. The third-order valence-electron chi connectivity index (χ3n) is 3.69. The summed E-state index contributed by atoms with van der Waals surface area (Å²) in [5.41, 5.74) is 0.600. The molecule has 0 aromatic heterocycles. The molecule has 0 aromatic rings. The van der Waals surface area contributed by atoms with Crippen LogP contribution in [0.3, 0.4) is 0 Å². The summed E-state index contributed by atoms with van der Waals surface area (Å²) in [5.74, 6) is 14.5. The zero-order valence-corrected chi connectivity index (χ0v) is 18.7. The molecule has 25 heavy (non-hydrogen) atoms. The molecule has 1 aliphatic carbocycles. The van der Waals surface area contributed by atoms with Crippen molar-refractivity contribution < 1.29 is 0 Å². The highest BCUT2D eigenvalue weighted by atomic mass is 15.2. The fraction of sp³-hybridized carbons (Fsp3) is 0.833. The average Bonchev–Trinajstić information content (AvgIpc) is 3.14. The minimum Gasteiger partial charge on any atom is -0.298 e. The Kier molecular flexibility index (Phi) is 10.5. The van der Waals surface area contributed by atoms with E-state index in [1.54, 1.807) is 0 Å². The van der Waals surface area contributed by atoms with Crippen molar-refractivity contribution in [1.82, 2.24) is 4.90 Å². The van der Waals surface area contributed by atoms with Crippen LogP contribution in [0.25, 0.3) is 0 Å². The van der Waals surface area contributed by atoms with Crippen LogP contribution in [0.5, 0.6) is 0 Å². The van der Waals surface area contributed by atoms with Gasteiger partial charge in [-0.1, -0.05) is 45.5 Å². The molecular weight excluding hydrogens is 302 g/mol. The van der Waals surface area contributed by atoms with Crippen LogP contribution < -0.4 is 0 Å². The van der Waals surface area contributed by atoms with Crippen molar-refractivity contribution in [2.75, 3.05) is 13.1 Å². The lowest BCUT2D eigenvalue weighted by Gasteiger charge is -2.42. The molecule has 1 aliphatic heterocycles. The second-order valence-corrected chi connectivity index (χ2v) is 9.90. The summed E-state index contributed by atoms with van der Waals surface area (Å²) in [6, 6.07) is 0. The van der Waals surface area contributed by atoms with Crippen LogP contribution >= 0.6 is 0 Å². The summed E-state index contributed by atoms with van der Waals surface area (Å²) in [6.45, 7) is 24.3. The first kappa shape index (κ1) is 24.1. The molecule has 1 heterocycles. The quantitative estimate of drug-likeness (QED) is 0.470. The first-order valence-corrected chi connectivity index (χ1v) is 10.1. The molecule has 0 radical (unpaired) electrons. The number of nitrogens with zero attached hydrogens (tertiary/aromatic N) is 1. The van der Waals surface area contributed by atoms with Gasteiger partial charge in [-0.05, 0) is 73.9 Å².